The fourth-order valence-electron chi connectivity index (χ4n) is 2.15. The van der Waals surface area contributed by atoms with Gasteiger partial charge in [0.1, 0.15) is 0 Å². The molecule has 0 bridgehead atoms. The summed E-state index contributed by atoms with van der Waals surface area (Å²) in [4.78, 5) is 0. The molecule has 1 aromatic rings. The predicted molar refractivity (Wildman–Crippen MR) is 57.0 cm³/mol. The van der Waals surface area contributed by atoms with Crippen molar-refractivity contribution in [2.75, 3.05) is 13.1 Å². The van der Waals surface area contributed by atoms with Crippen molar-refractivity contribution in [2.24, 2.45) is 5.92 Å². The topological polar surface area (TPSA) is 32.3 Å². The first-order chi connectivity index (χ1) is 6.71. The van der Waals surface area contributed by atoms with Gasteiger partial charge in [0.25, 0.3) is 0 Å². The summed E-state index contributed by atoms with van der Waals surface area (Å²) in [6.07, 6.45) is 1.06. The fraction of sp³-hybridized carbons (Fsp3) is 0.500. The highest BCUT2D eigenvalue weighted by atomic mass is 16.3. The molecule has 0 aromatic heterocycles. The van der Waals surface area contributed by atoms with Crippen LogP contribution in [0.2, 0.25) is 0 Å². The van der Waals surface area contributed by atoms with E-state index < -0.39 is 5.60 Å². The van der Waals surface area contributed by atoms with E-state index in [1.807, 2.05) is 37.3 Å². The molecule has 0 spiro atoms. The van der Waals surface area contributed by atoms with Crippen molar-refractivity contribution in [2.45, 2.75) is 18.9 Å². The molecule has 1 aliphatic heterocycles. The van der Waals surface area contributed by atoms with Gasteiger partial charge in [0.05, 0.1) is 5.60 Å². The van der Waals surface area contributed by atoms with Crippen molar-refractivity contribution in [3.05, 3.63) is 35.9 Å². The lowest BCUT2D eigenvalue weighted by atomic mass is 9.82. The molecule has 1 aromatic carbocycles. The minimum atomic E-state index is -0.690. The van der Waals surface area contributed by atoms with Gasteiger partial charge in [-0.1, -0.05) is 30.3 Å². The van der Waals surface area contributed by atoms with Gasteiger partial charge in [-0.15, -0.1) is 0 Å². The molecule has 2 rings (SSSR count). The molecule has 2 heteroatoms. The molecule has 14 heavy (non-hydrogen) atoms. The molecule has 0 radical (unpaired) electrons. The van der Waals surface area contributed by atoms with Crippen LogP contribution in [0.25, 0.3) is 0 Å². The van der Waals surface area contributed by atoms with E-state index in [0.717, 1.165) is 25.1 Å². The molecule has 0 aliphatic carbocycles. The van der Waals surface area contributed by atoms with Crippen molar-refractivity contribution >= 4 is 0 Å². The van der Waals surface area contributed by atoms with Gasteiger partial charge in [-0.2, -0.15) is 0 Å². The minimum Gasteiger partial charge on any atom is -0.385 e. The Hall–Kier alpha value is -0.860. The average Bonchev–Trinajstić information content (AvgIpc) is 2.72. The van der Waals surface area contributed by atoms with Crippen molar-refractivity contribution in [3.8, 4) is 0 Å². The van der Waals surface area contributed by atoms with Crippen LogP contribution in [0.1, 0.15) is 18.9 Å². The van der Waals surface area contributed by atoms with E-state index in [1.165, 1.54) is 0 Å². The lowest BCUT2D eigenvalue weighted by Crippen LogP contribution is -2.33. The standard InChI is InChI=1S/C12H17NO/c1-12(14,11-7-8-13-9-11)10-5-3-2-4-6-10/h2-6,11,13-14H,7-9H2,1H3. The van der Waals surface area contributed by atoms with E-state index in [4.69, 9.17) is 0 Å². The third-order valence-corrected chi connectivity index (χ3v) is 3.21. The Morgan fingerprint density at radius 2 is 2.07 bits per heavy atom. The molecule has 2 nitrogen and oxygen atoms in total. The second-order valence-electron chi connectivity index (χ2n) is 4.20. The number of nitrogens with one attached hydrogen (secondary N) is 1. The van der Waals surface area contributed by atoms with Crippen LogP contribution in [-0.4, -0.2) is 18.2 Å². The van der Waals surface area contributed by atoms with E-state index in [0.29, 0.717) is 5.92 Å². The van der Waals surface area contributed by atoms with Crippen LogP contribution in [0.15, 0.2) is 30.3 Å². The van der Waals surface area contributed by atoms with Crippen molar-refractivity contribution in [1.82, 2.24) is 5.32 Å². The minimum absolute atomic E-state index is 0.338. The Morgan fingerprint density at radius 1 is 1.36 bits per heavy atom. The van der Waals surface area contributed by atoms with E-state index in [1.54, 1.807) is 0 Å². The van der Waals surface area contributed by atoms with Gasteiger partial charge in [0.15, 0.2) is 0 Å². The summed E-state index contributed by atoms with van der Waals surface area (Å²) in [7, 11) is 0. The van der Waals surface area contributed by atoms with E-state index >= 15 is 0 Å². The zero-order valence-electron chi connectivity index (χ0n) is 8.53. The highest BCUT2D eigenvalue weighted by Crippen LogP contribution is 2.32. The molecule has 1 saturated heterocycles. The normalized spacial score (nSPS) is 26.0. The summed E-state index contributed by atoms with van der Waals surface area (Å²) in [5.74, 6) is 0.338. The van der Waals surface area contributed by atoms with E-state index in [2.05, 4.69) is 5.32 Å². The molecular formula is C12H17NO. The van der Waals surface area contributed by atoms with Gasteiger partial charge in [0, 0.05) is 12.5 Å². The summed E-state index contributed by atoms with van der Waals surface area (Å²) in [6, 6.07) is 9.93. The second kappa shape index (κ2) is 3.71. The Morgan fingerprint density at radius 3 is 2.64 bits per heavy atom. The van der Waals surface area contributed by atoms with Gasteiger partial charge in [-0.3, -0.25) is 0 Å². The third-order valence-electron chi connectivity index (χ3n) is 3.21. The molecule has 1 aliphatic rings. The fourth-order valence-corrected chi connectivity index (χ4v) is 2.15. The van der Waals surface area contributed by atoms with Crippen LogP contribution in [0, 0.1) is 5.92 Å². The summed E-state index contributed by atoms with van der Waals surface area (Å²) in [5, 5.41) is 13.7. The zero-order chi connectivity index (χ0) is 10.0. The number of hydrogen-bond acceptors (Lipinski definition) is 2. The first-order valence-corrected chi connectivity index (χ1v) is 5.20. The summed E-state index contributed by atoms with van der Waals surface area (Å²) < 4.78 is 0. The lowest BCUT2D eigenvalue weighted by molar-refractivity contribution is 0.00217. The molecule has 0 saturated carbocycles. The van der Waals surface area contributed by atoms with Gasteiger partial charge >= 0.3 is 0 Å². The smallest absolute Gasteiger partial charge is 0.0909 e. The Bertz CT molecular complexity index is 288. The molecule has 0 amide bonds. The number of benzene rings is 1. The lowest BCUT2D eigenvalue weighted by Gasteiger charge is -2.30. The largest absolute Gasteiger partial charge is 0.385 e. The second-order valence-corrected chi connectivity index (χ2v) is 4.20. The highest BCUT2D eigenvalue weighted by molar-refractivity contribution is 5.22. The summed E-state index contributed by atoms with van der Waals surface area (Å²) in [5.41, 5.74) is 0.332. The average molecular weight is 191 g/mol. The van der Waals surface area contributed by atoms with Gasteiger partial charge in [0.2, 0.25) is 0 Å². The van der Waals surface area contributed by atoms with Crippen LogP contribution >= 0.6 is 0 Å². The van der Waals surface area contributed by atoms with Crippen LogP contribution in [0.4, 0.5) is 0 Å². The Balaban J connectivity index is 2.22. The molecule has 1 fully saturated rings. The molecule has 2 unspecified atom stereocenters. The monoisotopic (exact) mass is 191 g/mol. The van der Waals surface area contributed by atoms with Crippen LogP contribution in [0.3, 0.4) is 0 Å². The number of aliphatic hydroxyl groups is 1. The third kappa shape index (κ3) is 1.68. The van der Waals surface area contributed by atoms with Crippen LogP contribution in [0.5, 0.6) is 0 Å². The molecule has 1 heterocycles. The molecule has 2 N–H and O–H groups in total. The quantitative estimate of drug-likeness (QED) is 0.742. The predicted octanol–water partition coefficient (Wildman–Crippen LogP) is 1.50. The maximum Gasteiger partial charge on any atom is 0.0909 e. The zero-order valence-corrected chi connectivity index (χ0v) is 8.53. The van der Waals surface area contributed by atoms with Crippen molar-refractivity contribution in [3.63, 3.8) is 0 Å². The van der Waals surface area contributed by atoms with Gasteiger partial charge < -0.3 is 10.4 Å². The van der Waals surface area contributed by atoms with Crippen molar-refractivity contribution in [1.29, 1.82) is 0 Å². The van der Waals surface area contributed by atoms with Gasteiger partial charge in [-0.05, 0) is 25.5 Å². The summed E-state index contributed by atoms with van der Waals surface area (Å²) in [6.45, 7) is 3.86. The first-order valence-electron chi connectivity index (χ1n) is 5.20. The van der Waals surface area contributed by atoms with Crippen LogP contribution < -0.4 is 5.32 Å². The highest BCUT2D eigenvalue weighted by Gasteiger charge is 2.35. The SMILES string of the molecule is CC(O)(c1ccccc1)C1CCNC1. The molecule has 2 atom stereocenters. The van der Waals surface area contributed by atoms with E-state index in [-0.39, 0.29) is 0 Å². The maximum atomic E-state index is 10.4. The first kappa shape index (κ1) is 9.69. The number of hydrogen-bond donors (Lipinski definition) is 2. The summed E-state index contributed by atoms with van der Waals surface area (Å²) >= 11 is 0. The Kier molecular flexibility index (Phi) is 2.57. The number of rotatable bonds is 2. The molecular weight excluding hydrogens is 174 g/mol. The van der Waals surface area contributed by atoms with Crippen LogP contribution in [-0.2, 0) is 5.60 Å². The Labute approximate surface area is 85.0 Å². The van der Waals surface area contributed by atoms with Crippen molar-refractivity contribution < 1.29 is 5.11 Å². The van der Waals surface area contributed by atoms with Gasteiger partial charge in [-0.25, -0.2) is 0 Å². The van der Waals surface area contributed by atoms with E-state index in [9.17, 15) is 5.11 Å². The maximum absolute atomic E-state index is 10.4. The molecule has 76 valence electrons.